The summed E-state index contributed by atoms with van der Waals surface area (Å²) in [5, 5.41) is 5.16. The first-order valence-electron chi connectivity index (χ1n) is 8.89. The Hall–Kier alpha value is -3.41. The van der Waals surface area contributed by atoms with E-state index in [9.17, 15) is 14.4 Å². The van der Waals surface area contributed by atoms with Crippen LogP contribution in [-0.2, 0) is 19.1 Å². The number of ether oxygens (including phenoxy) is 1. The summed E-state index contributed by atoms with van der Waals surface area (Å²) in [5.41, 5.74) is 4.68. The fourth-order valence-corrected chi connectivity index (χ4v) is 2.43. The molecule has 2 rings (SSSR count). The summed E-state index contributed by atoms with van der Waals surface area (Å²) in [6, 6.07) is 13.2. The van der Waals surface area contributed by atoms with Crippen molar-refractivity contribution in [3.63, 3.8) is 0 Å². The lowest BCUT2D eigenvalue weighted by Crippen LogP contribution is -2.35. The van der Waals surface area contributed by atoms with Crippen LogP contribution in [0.4, 0.5) is 5.69 Å². The average Bonchev–Trinajstić information content (AvgIpc) is 2.67. The number of hydrogen-bond donors (Lipinski definition) is 2. The maximum absolute atomic E-state index is 12.0. The zero-order valence-corrected chi connectivity index (χ0v) is 16.2. The van der Waals surface area contributed by atoms with E-state index in [0.717, 1.165) is 22.3 Å². The predicted octanol–water partition coefficient (Wildman–Crippen LogP) is 2.92. The number of benzene rings is 2. The minimum atomic E-state index is -0.628. The first-order valence-corrected chi connectivity index (χ1v) is 8.89. The van der Waals surface area contributed by atoms with E-state index in [-0.39, 0.29) is 12.5 Å². The molecule has 28 heavy (non-hydrogen) atoms. The smallest absolute Gasteiger partial charge is 0.331 e. The number of carbonyl (C=O) groups is 3. The van der Waals surface area contributed by atoms with Gasteiger partial charge in [-0.25, -0.2) is 4.79 Å². The normalized spacial score (nSPS) is 10.5. The zero-order valence-electron chi connectivity index (χ0n) is 16.2. The van der Waals surface area contributed by atoms with Crippen molar-refractivity contribution in [3.8, 4) is 0 Å². The van der Waals surface area contributed by atoms with Crippen LogP contribution in [0.2, 0.25) is 0 Å². The predicted molar refractivity (Wildman–Crippen MR) is 109 cm³/mol. The largest absolute Gasteiger partial charge is 0.452 e. The Bertz CT molecular complexity index is 903. The molecule has 6 nitrogen and oxygen atoms in total. The lowest BCUT2D eigenvalue weighted by atomic mass is 10.1. The van der Waals surface area contributed by atoms with E-state index in [2.05, 4.69) is 10.6 Å². The van der Waals surface area contributed by atoms with Crippen LogP contribution in [0, 0.1) is 20.8 Å². The number of nitrogens with one attached hydrogen (secondary N) is 2. The molecule has 0 aliphatic rings. The van der Waals surface area contributed by atoms with E-state index in [0.29, 0.717) is 5.69 Å². The van der Waals surface area contributed by atoms with Crippen LogP contribution < -0.4 is 10.6 Å². The van der Waals surface area contributed by atoms with Crippen molar-refractivity contribution in [1.82, 2.24) is 5.32 Å². The van der Waals surface area contributed by atoms with Crippen LogP contribution in [0.3, 0.4) is 0 Å². The molecule has 0 aromatic heterocycles. The van der Waals surface area contributed by atoms with Crippen molar-refractivity contribution in [1.29, 1.82) is 0 Å². The van der Waals surface area contributed by atoms with Gasteiger partial charge in [-0.2, -0.15) is 0 Å². The fourth-order valence-electron chi connectivity index (χ4n) is 2.43. The van der Waals surface area contributed by atoms with E-state index in [4.69, 9.17) is 4.74 Å². The summed E-state index contributed by atoms with van der Waals surface area (Å²) in [6.07, 6.45) is 2.88. The number of amides is 2. The summed E-state index contributed by atoms with van der Waals surface area (Å²) in [4.78, 5) is 35.4. The quantitative estimate of drug-likeness (QED) is 0.571. The van der Waals surface area contributed by atoms with Gasteiger partial charge in [0.15, 0.2) is 6.61 Å². The molecule has 0 fully saturated rings. The fraction of sp³-hybridized carbons (Fsp3) is 0.227. The Labute approximate surface area is 164 Å². The first-order chi connectivity index (χ1) is 13.3. The minimum absolute atomic E-state index is 0.205. The minimum Gasteiger partial charge on any atom is -0.452 e. The molecule has 0 aliphatic heterocycles. The van der Waals surface area contributed by atoms with Gasteiger partial charge in [0.1, 0.15) is 0 Å². The van der Waals surface area contributed by atoms with Crippen molar-refractivity contribution in [2.45, 2.75) is 20.8 Å². The van der Waals surface area contributed by atoms with Crippen molar-refractivity contribution in [2.24, 2.45) is 0 Å². The standard InChI is InChI=1S/C22H24N2O4/c1-15-6-4-8-18(12-15)10-11-22(27)28-14-21(26)23-13-20(25)24-19-9-5-7-16(2)17(19)3/h4-12H,13-14H2,1-3H3,(H,23,26)(H,24,25)/b11-10+. The second-order valence-electron chi connectivity index (χ2n) is 6.43. The molecule has 6 heteroatoms. The van der Waals surface area contributed by atoms with Gasteiger partial charge in [0, 0.05) is 11.8 Å². The molecule has 0 saturated heterocycles. The molecule has 0 saturated carbocycles. The average molecular weight is 380 g/mol. The van der Waals surface area contributed by atoms with E-state index < -0.39 is 18.5 Å². The Morgan fingerprint density at radius 3 is 2.50 bits per heavy atom. The van der Waals surface area contributed by atoms with E-state index >= 15 is 0 Å². The number of carbonyl (C=O) groups excluding carboxylic acids is 3. The molecule has 2 aromatic rings. The van der Waals surface area contributed by atoms with Gasteiger partial charge in [-0.3, -0.25) is 9.59 Å². The van der Waals surface area contributed by atoms with Crippen LogP contribution in [0.15, 0.2) is 48.5 Å². The molecule has 0 spiro atoms. The number of anilines is 1. The highest BCUT2D eigenvalue weighted by molar-refractivity contribution is 5.95. The highest BCUT2D eigenvalue weighted by atomic mass is 16.5. The van der Waals surface area contributed by atoms with E-state index in [1.165, 1.54) is 6.08 Å². The Kier molecular flexibility index (Phi) is 7.51. The second kappa shape index (κ2) is 10.1. The van der Waals surface area contributed by atoms with Gasteiger partial charge in [0.2, 0.25) is 5.91 Å². The van der Waals surface area contributed by atoms with Crippen LogP contribution in [0.1, 0.15) is 22.3 Å². The van der Waals surface area contributed by atoms with Crippen molar-refractivity contribution < 1.29 is 19.1 Å². The van der Waals surface area contributed by atoms with Gasteiger partial charge in [-0.05, 0) is 49.6 Å². The first kappa shape index (κ1) is 20.9. The van der Waals surface area contributed by atoms with Crippen LogP contribution in [0.5, 0.6) is 0 Å². The summed E-state index contributed by atoms with van der Waals surface area (Å²) in [6.45, 7) is 5.16. The van der Waals surface area contributed by atoms with Crippen molar-refractivity contribution in [2.75, 3.05) is 18.5 Å². The molecule has 0 radical (unpaired) electrons. The second-order valence-corrected chi connectivity index (χ2v) is 6.43. The third-order valence-corrected chi connectivity index (χ3v) is 4.12. The molecular weight excluding hydrogens is 356 g/mol. The highest BCUT2D eigenvalue weighted by Crippen LogP contribution is 2.17. The van der Waals surface area contributed by atoms with Crippen LogP contribution >= 0.6 is 0 Å². The number of rotatable bonds is 7. The number of aryl methyl sites for hydroxylation is 2. The molecule has 0 atom stereocenters. The Balaban J connectivity index is 1.72. The molecule has 2 N–H and O–H groups in total. The zero-order chi connectivity index (χ0) is 20.5. The maximum Gasteiger partial charge on any atom is 0.331 e. The van der Waals surface area contributed by atoms with Crippen molar-refractivity contribution >= 4 is 29.5 Å². The third-order valence-electron chi connectivity index (χ3n) is 4.12. The lowest BCUT2D eigenvalue weighted by Gasteiger charge is -2.11. The SMILES string of the molecule is Cc1cccc(/C=C/C(=O)OCC(=O)NCC(=O)Nc2cccc(C)c2C)c1. The van der Waals surface area contributed by atoms with Crippen molar-refractivity contribution in [3.05, 3.63) is 70.8 Å². The maximum atomic E-state index is 12.0. The molecule has 146 valence electrons. The van der Waals surface area contributed by atoms with Gasteiger partial charge < -0.3 is 15.4 Å². The van der Waals surface area contributed by atoms with Crippen LogP contribution in [-0.4, -0.2) is 30.9 Å². The van der Waals surface area contributed by atoms with Gasteiger partial charge >= 0.3 is 5.97 Å². The Morgan fingerprint density at radius 2 is 1.75 bits per heavy atom. The molecule has 0 unspecified atom stereocenters. The van der Waals surface area contributed by atoms with Gasteiger partial charge in [-0.1, -0.05) is 42.0 Å². The van der Waals surface area contributed by atoms with E-state index in [1.54, 1.807) is 12.1 Å². The van der Waals surface area contributed by atoms with Gasteiger partial charge in [-0.15, -0.1) is 0 Å². The number of esters is 1. The van der Waals surface area contributed by atoms with Crippen LogP contribution in [0.25, 0.3) is 6.08 Å². The molecule has 0 heterocycles. The summed E-state index contributed by atoms with van der Waals surface area (Å²) in [5.74, 6) is -1.53. The summed E-state index contributed by atoms with van der Waals surface area (Å²) < 4.78 is 4.87. The highest BCUT2D eigenvalue weighted by Gasteiger charge is 2.09. The molecule has 0 bridgehead atoms. The van der Waals surface area contributed by atoms with Gasteiger partial charge in [0.05, 0.1) is 6.54 Å². The molecule has 2 amide bonds. The topological polar surface area (TPSA) is 84.5 Å². The molecule has 2 aromatic carbocycles. The number of hydrogen-bond acceptors (Lipinski definition) is 4. The third kappa shape index (κ3) is 6.72. The lowest BCUT2D eigenvalue weighted by molar-refractivity contribution is -0.143. The van der Waals surface area contributed by atoms with E-state index in [1.807, 2.05) is 57.2 Å². The Morgan fingerprint density at radius 1 is 1.00 bits per heavy atom. The molecule has 0 aliphatic carbocycles. The monoisotopic (exact) mass is 380 g/mol. The molecular formula is C22H24N2O4. The summed E-state index contributed by atoms with van der Waals surface area (Å²) >= 11 is 0. The summed E-state index contributed by atoms with van der Waals surface area (Å²) in [7, 11) is 0. The van der Waals surface area contributed by atoms with Gasteiger partial charge in [0.25, 0.3) is 5.91 Å².